The Morgan fingerprint density at radius 1 is 1.08 bits per heavy atom. The van der Waals surface area contributed by atoms with Crippen LogP contribution >= 0.6 is 0 Å². The summed E-state index contributed by atoms with van der Waals surface area (Å²) < 4.78 is 45.5. The quantitative estimate of drug-likeness (QED) is 0.893. The highest BCUT2D eigenvalue weighted by atomic mass is 19.4. The highest BCUT2D eigenvalue weighted by molar-refractivity contribution is 5.30. The van der Waals surface area contributed by atoms with Crippen LogP contribution in [0.1, 0.15) is 55.6 Å². The van der Waals surface area contributed by atoms with Crippen molar-refractivity contribution < 1.29 is 17.9 Å². The molecule has 134 valence electrons. The lowest BCUT2D eigenvalue weighted by Gasteiger charge is -2.31. The molecule has 0 aromatic carbocycles. The average Bonchev–Trinajstić information content (AvgIpc) is 2.61. The van der Waals surface area contributed by atoms with Crippen LogP contribution in [0, 0.1) is 5.92 Å². The maximum Gasteiger partial charge on any atom is 0.418 e. The zero-order valence-corrected chi connectivity index (χ0v) is 13.8. The average molecular weight is 342 g/mol. The predicted octanol–water partition coefficient (Wildman–Crippen LogP) is 4.14. The highest BCUT2D eigenvalue weighted by Crippen LogP contribution is 2.40. The summed E-state index contributed by atoms with van der Waals surface area (Å²) in [6.45, 7) is 2.91. The van der Waals surface area contributed by atoms with Crippen LogP contribution in [-0.4, -0.2) is 30.8 Å². The van der Waals surface area contributed by atoms with Crippen molar-refractivity contribution in [2.75, 3.05) is 19.7 Å². The Morgan fingerprint density at radius 3 is 2.46 bits per heavy atom. The Labute approximate surface area is 141 Å². The van der Waals surface area contributed by atoms with Crippen molar-refractivity contribution in [1.29, 1.82) is 0 Å². The molecule has 1 N–H and O–H groups in total. The first kappa shape index (κ1) is 17.7. The van der Waals surface area contributed by atoms with Gasteiger partial charge < -0.3 is 10.1 Å². The number of piperidine rings is 1. The van der Waals surface area contributed by atoms with E-state index >= 15 is 0 Å². The monoisotopic (exact) mass is 342 g/mol. The maximum absolute atomic E-state index is 13.1. The van der Waals surface area contributed by atoms with Crippen molar-refractivity contribution >= 4 is 0 Å². The van der Waals surface area contributed by atoms with Gasteiger partial charge in [0.15, 0.2) is 0 Å². The van der Waals surface area contributed by atoms with Crippen LogP contribution in [0.5, 0.6) is 0 Å². The molecule has 6 heteroatoms. The second-order valence-electron chi connectivity index (χ2n) is 6.96. The molecule has 1 aromatic heterocycles. The van der Waals surface area contributed by atoms with Crippen LogP contribution in [0.2, 0.25) is 0 Å². The Morgan fingerprint density at radius 2 is 1.79 bits per heavy atom. The van der Waals surface area contributed by atoms with Gasteiger partial charge in [-0.15, -0.1) is 0 Å². The summed E-state index contributed by atoms with van der Waals surface area (Å²) in [4.78, 5) is 3.65. The zero-order chi connectivity index (χ0) is 17.0. The van der Waals surface area contributed by atoms with Gasteiger partial charge in [-0.25, -0.2) is 0 Å². The zero-order valence-electron chi connectivity index (χ0n) is 13.8. The first-order valence-electron chi connectivity index (χ1n) is 8.87. The first-order chi connectivity index (χ1) is 11.5. The van der Waals surface area contributed by atoms with Gasteiger partial charge in [0.2, 0.25) is 0 Å². The van der Waals surface area contributed by atoms with Gasteiger partial charge in [0.25, 0.3) is 0 Å². The van der Waals surface area contributed by atoms with Crippen LogP contribution in [0.15, 0.2) is 18.5 Å². The molecule has 0 amide bonds. The fourth-order valence-electron chi connectivity index (χ4n) is 3.86. The normalized spacial score (nSPS) is 26.5. The maximum atomic E-state index is 13.1. The Hall–Kier alpha value is -1.14. The number of nitrogens with one attached hydrogen (secondary N) is 1. The molecule has 2 fully saturated rings. The number of alkyl halides is 3. The third-order valence-electron chi connectivity index (χ3n) is 5.30. The summed E-state index contributed by atoms with van der Waals surface area (Å²) >= 11 is 0. The van der Waals surface area contributed by atoms with E-state index in [2.05, 4.69) is 10.3 Å². The lowest BCUT2D eigenvalue weighted by molar-refractivity contribution is -0.138. The fraction of sp³-hybridized carbons (Fsp3) is 0.722. The number of aromatic nitrogens is 1. The van der Waals surface area contributed by atoms with Crippen molar-refractivity contribution in [2.24, 2.45) is 5.92 Å². The number of ether oxygens (including phenoxy) is 1. The van der Waals surface area contributed by atoms with E-state index < -0.39 is 11.7 Å². The van der Waals surface area contributed by atoms with Gasteiger partial charge in [0.1, 0.15) is 0 Å². The van der Waals surface area contributed by atoms with Gasteiger partial charge in [-0.3, -0.25) is 4.98 Å². The second kappa shape index (κ2) is 7.83. The minimum absolute atomic E-state index is 0.0386. The lowest BCUT2D eigenvalue weighted by atomic mass is 9.81. The number of hydrogen-bond acceptors (Lipinski definition) is 3. The molecule has 0 bridgehead atoms. The molecular formula is C18H25F3N2O. The van der Waals surface area contributed by atoms with Gasteiger partial charge in [0, 0.05) is 19.0 Å². The minimum Gasteiger partial charge on any atom is -0.378 e. The van der Waals surface area contributed by atoms with Crippen LogP contribution in [0.25, 0.3) is 0 Å². The van der Waals surface area contributed by atoms with Crippen LogP contribution in [-0.2, 0) is 10.9 Å². The summed E-state index contributed by atoms with van der Waals surface area (Å²) in [5.74, 6) is 0.587. The second-order valence-corrected chi connectivity index (χ2v) is 6.96. The van der Waals surface area contributed by atoms with Crippen molar-refractivity contribution in [1.82, 2.24) is 10.3 Å². The molecule has 2 aliphatic rings. The molecule has 0 atom stereocenters. The molecule has 3 rings (SSSR count). The molecule has 1 saturated heterocycles. The molecule has 1 aliphatic carbocycles. The van der Waals surface area contributed by atoms with Crippen molar-refractivity contribution in [3.8, 4) is 0 Å². The largest absolute Gasteiger partial charge is 0.418 e. The van der Waals surface area contributed by atoms with E-state index in [1.807, 2.05) is 0 Å². The lowest BCUT2D eigenvalue weighted by Crippen LogP contribution is -2.31. The third kappa shape index (κ3) is 4.48. The van der Waals surface area contributed by atoms with Crippen molar-refractivity contribution in [3.63, 3.8) is 0 Å². The van der Waals surface area contributed by atoms with Gasteiger partial charge in [0.05, 0.1) is 11.7 Å². The van der Waals surface area contributed by atoms with Gasteiger partial charge in [-0.1, -0.05) is 0 Å². The molecular weight excluding hydrogens is 317 g/mol. The van der Waals surface area contributed by atoms with Crippen LogP contribution in [0.4, 0.5) is 13.2 Å². The number of halogens is 3. The van der Waals surface area contributed by atoms with E-state index in [0.29, 0.717) is 11.5 Å². The molecule has 0 spiro atoms. The molecule has 0 radical (unpaired) electrons. The van der Waals surface area contributed by atoms with E-state index in [4.69, 9.17) is 4.74 Å². The first-order valence-corrected chi connectivity index (χ1v) is 8.87. The highest BCUT2D eigenvalue weighted by Gasteiger charge is 2.36. The van der Waals surface area contributed by atoms with E-state index in [1.165, 1.54) is 12.3 Å². The summed E-state index contributed by atoms with van der Waals surface area (Å²) in [7, 11) is 0. The Kier molecular flexibility index (Phi) is 5.76. The molecule has 24 heavy (non-hydrogen) atoms. The standard InChI is InChI=1S/C18H25F3N2O/c19-18(20,21)17-11-23-10-7-16(17)14-1-3-15(4-2-14)24-12-13-5-8-22-9-6-13/h7,10-11,13-15,22H,1-6,8-9,12H2. The summed E-state index contributed by atoms with van der Waals surface area (Å²) in [6, 6.07) is 1.53. The fourth-order valence-corrected chi connectivity index (χ4v) is 3.86. The smallest absolute Gasteiger partial charge is 0.378 e. The number of pyridine rings is 1. The van der Waals surface area contributed by atoms with Crippen molar-refractivity contribution in [2.45, 2.75) is 56.7 Å². The van der Waals surface area contributed by atoms with E-state index in [0.717, 1.165) is 64.4 Å². The molecule has 3 nitrogen and oxygen atoms in total. The number of rotatable bonds is 4. The predicted molar refractivity (Wildman–Crippen MR) is 85.8 cm³/mol. The van der Waals surface area contributed by atoms with E-state index in [1.54, 1.807) is 0 Å². The molecule has 1 aliphatic heterocycles. The van der Waals surface area contributed by atoms with Gasteiger partial charge in [-0.05, 0) is 75.1 Å². The molecule has 0 unspecified atom stereocenters. The van der Waals surface area contributed by atoms with Gasteiger partial charge in [-0.2, -0.15) is 13.2 Å². The number of nitrogens with zero attached hydrogens (tertiary/aromatic N) is 1. The minimum atomic E-state index is -4.33. The summed E-state index contributed by atoms with van der Waals surface area (Å²) in [5.41, 5.74) is -0.182. The van der Waals surface area contributed by atoms with Crippen LogP contribution < -0.4 is 5.32 Å². The summed E-state index contributed by atoms with van der Waals surface area (Å²) in [6.07, 6.45) is 3.79. The van der Waals surface area contributed by atoms with Gasteiger partial charge >= 0.3 is 6.18 Å². The molecule has 1 saturated carbocycles. The van der Waals surface area contributed by atoms with E-state index in [9.17, 15) is 13.2 Å². The summed E-state index contributed by atoms with van der Waals surface area (Å²) in [5, 5.41) is 3.34. The van der Waals surface area contributed by atoms with Crippen molar-refractivity contribution in [3.05, 3.63) is 29.6 Å². The molecule has 1 aromatic rings. The topological polar surface area (TPSA) is 34.1 Å². The molecule has 2 heterocycles. The SMILES string of the molecule is FC(F)(F)c1cnccc1C1CCC(OCC2CCNCC2)CC1. The number of hydrogen-bond donors (Lipinski definition) is 1. The van der Waals surface area contributed by atoms with E-state index in [-0.39, 0.29) is 12.0 Å². The van der Waals surface area contributed by atoms with Crippen LogP contribution in [0.3, 0.4) is 0 Å². The Bertz CT molecular complexity index is 521. The third-order valence-corrected chi connectivity index (χ3v) is 5.30. The Balaban J connectivity index is 1.52.